The molecular weight excluding hydrogens is 330 g/mol. The number of hydrogen-bond acceptors (Lipinski definition) is 4. The largest absolute Gasteiger partial charge is 0.390 e. The maximum absolute atomic E-state index is 12.6. The van der Waals surface area contributed by atoms with Crippen LogP contribution in [0.2, 0.25) is 0 Å². The molecule has 1 heterocycles. The first-order valence-corrected chi connectivity index (χ1v) is 8.48. The summed E-state index contributed by atoms with van der Waals surface area (Å²) in [5, 5.41) is 19.9. The average molecular weight is 349 g/mol. The van der Waals surface area contributed by atoms with Gasteiger partial charge in [0, 0.05) is 12.0 Å². The van der Waals surface area contributed by atoms with Crippen molar-refractivity contribution in [3.8, 4) is 11.3 Å². The summed E-state index contributed by atoms with van der Waals surface area (Å²) in [4.78, 5) is 12.6. The number of urea groups is 1. The molecule has 4 rings (SSSR count). The Morgan fingerprint density at radius 3 is 2.69 bits per heavy atom. The molecule has 0 bridgehead atoms. The van der Waals surface area contributed by atoms with E-state index in [1.807, 2.05) is 54.6 Å². The van der Waals surface area contributed by atoms with Gasteiger partial charge in [-0.15, -0.1) is 0 Å². The van der Waals surface area contributed by atoms with Gasteiger partial charge >= 0.3 is 6.03 Å². The Bertz CT molecular complexity index is 936. The van der Waals surface area contributed by atoms with E-state index in [1.165, 1.54) is 0 Å². The van der Waals surface area contributed by atoms with Crippen molar-refractivity contribution in [3.63, 3.8) is 0 Å². The molecule has 2 unspecified atom stereocenters. The van der Waals surface area contributed by atoms with Crippen molar-refractivity contribution in [2.75, 3.05) is 5.32 Å². The highest BCUT2D eigenvalue weighted by Crippen LogP contribution is 2.33. The smallest absolute Gasteiger partial charge is 0.319 e. The summed E-state index contributed by atoms with van der Waals surface area (Å²) in [7, 11) is 0. The van der Waals surface area contributed by atoms with Crippen LogP contribution in [0.15, 0.2) is 59.1 Å². The molecule has 0 fully saturated rings. The van der Waals surface area contributed by atoms with Crippen molar-refractivity contribution < 1.29 is 14.4 Å². The lowest BCUT2D eigenvalue weighted by molar-refractivity contribution is 0.144. The zero-order valence-corrected chi connectivity index (χ0v) is 14.3. The van der Waals surface area contributed by atoms with E-state index >= 15 is 0 Å². The third-order valence-electron chi connectivity index (χ3n) is 4.63. The molecule has 6 heteroatoms. The predicted octanol–water partition coefficient (Wildman–Crippen LogP) is 3.43. The van der Waals surface area contributed by atoms with E-state index in [2.05, 4.69) is 15.8 Å². The second-order valence-electron chi connectivity index (χ2n) is 6.38. The van der Waals surface area contributed by atoms with Crippen LogP contribution < -0.4 is 10.6 Å². The fourth-order valence-corrected chi connectivity index (χ4v) is 3.34. The quantitative estimate of drug-likeness (QED) is 0.676. The molecule has 26 heavy (non-hydrogen) atoms. The van der Waals surface area contributed by atoms with Gasteiger partial charge in [0.15, 0.2) is 5.76 Å². The van der Waals surface area contributed by atoms with Crippen LogP contribution in [0.1, 0.15) is 22.9 Å². The standard InChI is InChI=1S/C20H19N3O3/c1-12-17(19(26-23-12)13-7-3-2-4-8-13)21-20(25)22-18-15-10-6-5-9-14(15)11-16(18)24/h2-10,16,18,24H,11H2,1H3,(H2,21,22,25). The first-order valence-electron chi connectivity index (χ1n) is 8.48. The van der Waals surface area contributed by atoms with Crippen molar-refractivity contribution >= 4 is 11.7 Å². The molecule has 2 amide bonds. The molecule has 2 aromatic carbocycles. The Morgan fingerprint density at radius 1 is 1.15 bits per heavy atom. The summed E-state index contributed by atoms with van der Waals surface area (Å²) in [6.45, 7) is 1.77. The summed E-state index contributed by atoms with van der Waals surface area (Å²) in [6, 6.07) is 16.4. The number of aryl methyl sites for hydroxylation is 1. The Hall–Kier alpha value is -3.12. The highest BCUT2D eigenvalue weighted by atomic mass is 16.5. The molecule has 0 saturated heterocycles. The van der Waals surface area contributed by atoms with Crippen LogP contribution >= 0.6 is 0 Å². The average Bonchev–Trinajstić information content (AvgIpc) is 3.16. The number of nitrogens with one attached hydrogen (secondary N) is 2. The van der Waals surface area contributed by atoms with E-state index < -0.39 is 18.2 Å². The monoisotopic (exact) mass is 349 g/mol. The molecule has 3 aromatic rings. The normalized spacial score (nSPS) is 18.4. The number of aromatic nitrogens is 1. The number of amides is 2. The van der Waals surface area contributed by atoms with Gasteiger partial charge in [0.05, 0.1) is 12.1 Å². The third kappa shape index (κ3) is 2.95. The SMILES string of the molecule is Cc1noc(-c2ccccc2)c1NC(=O)NC1c2ccccc2CC1O. The van der Waals surface area contributed by atoms with Gasteiger partial charge in [0.2, 0.25) is 0 Å². The number of rotatable bonds is 3. The van der Waals surface area contributed by atoms with Crippen molar-refractivity contribution in [1.29, 1.82) is 0 Å². The van der Waals surface area contributed by atoms with Crippen LogP contribution in [0, 0.1) is 6.92 Å². The lowest BCUT2D eigenvalue weighted by atomic mass is 10.1. The molecule has 132 valence electrons. The number of aliphatic hydroxyl groups excluding tert-OH is 1. The van der Waals surface area contributed by atoms with Gasteiger partial charge in [0.1, 0.15) is 11.4 Å². The maximum Gasteiger partial charge on any atom is 0.319 e. The van der Waals surface area contributed by atoms with E-state index in [0.717, 1.165) is 16.7 Å². The van der Waals surface area contributed by atoms with Crippen LogP contribution in [0.25, 0.3) is 11.3 Å². The summed E-state index contributed by atoms with van der Waals surface area (Å²) in [5.74, 6) is 0.505. The summed E-state index contributed by atoms with van der Waals surface area (Å²) in [6.07, 6.45) is -0.113. The van der Waals surface area contributed by atoms with Crippen molar-refractivity contribution in [3.05, 3.63) is 71.4 Å². The predicted molar refractivity (Wildman–Crippen MR) is 97.7 cm³/mol. The van der Waals surface area contributed by atoms with Crippen molar-refractivity contribution in [1.82, 2.24) is 10.5 Å². The molecule has 0 aliphatic heterocycles. The number of aliphatic hydroxyl groups is 1. The molecule has 0 spiro atoms. The lowest BCUT2D eigenvalue weighted by Gasteiger charge is -2.18. The zero-order valence-electron chi connectivity index (χ0n) is 14.3. The van der Waals surface area contributed by atoms with Crippen LogP contribution in [-0.2, 0) is 6.42 Å². The minimum absolute atomic E-state index is 0.408. The fourth-order valence-electron chi connectivity index (χ4n) is 3.34. The van der Waals surface area contributed by atoms with Crippen molar-refractivity contribution in [2.45, 2.75) is 25.5 Å². The van der Waals surface area contributed by atoms with Gasteiger partial charge in [-0.05, 0) is 18.1 Å². The highest BCUT2D eigenvalue weighted by molar-refractivity contribution is 5.94. The number of fused-ring (bicyclic) bond motifs is 1. The maximum atomic E-state index is 12.6. The Labute approximate surface area is 150 Å². The van der Waals surface area contributed by atoms with Gasteiger partial charge in [-0.3, -0.25) is 0 Å². The zero-order chi connectivity index (χ0) is 18.1. The minimum Gasteiger partial charge on any atom is -0.390 e. The second kappa shape index (κ2) is 6.65. The first kappa shape index (κ1) is 16.4. The van der Waals surface area contributed by atoms with E-state index in [1.54, 1.807) is 6.92 Å². The Morgan fingerprint density at radius 2 is 1.88 bits per heavy atom. The molecular formula is C20H19N3O3. The fraction of sp³-hybridized carbons (Fsp3) is 0.200. The molecule has 6 nitrogen and oxygen atoms in total. The first-order chi connectivity index (χ1) is 12.6. The Balaban J connectivity index is 1.54. The summed E-state index contributed by atoms with van der Waals surface area (Å²) in [5.41, 5.74) is 3.94. The van der Waals surface area contributed by atoms with Crippen LogP contribution in [0.4, 0.5) is 10.5 Å². The highest BCUT2D eigenvalue weighted by Gasteiger charge is 2.32. The van der Waals surface area contributed by atoms with E-state index in [9.17, 15) is 9.90 Å². The second-order valence-corrected chi connectivity index (χ2v) is 6.38. The van der Waals surface area contributed by atoms with Gasteiger partial charge in [-0.1, -0.05) is 59.8 Å². The Kier molecular flexibility index (Phi) is 4.18. The molecule has 2 atom stereocenters. The summed E-state index contributed by atoms with van der Waals surface area (Å²) < 4.78 is 5.39. The molecule has 1 aromatic heterocycles. The number of hydrogen-bond donors (Lipinski definition) is 3. The molecule has 3 N–H and O–H groups in total. The molecule has 0 saturated carbocycles. The number of carbonyl (C=O) groups is 1. The van der Waals surface area contributed by atoms with Crippen LogP contribution in [0.5, 0.6) is 0 Å². The minimum atomic E-state index is -0.643. The van der Waals surface area contributed by atoms with Crippen molar-refractivity contribution in [2.24, 2.45) is 0 Å². The number of nitrogens with zero attached hydrogens (tertiary/aromatic N) is 1. The van der Waals surface area contributed by atoms with Crippen LogP contribution in [0.3, 0.4) is 0 Å². The van der Waals surface area contributed by atoms with Gasteiger partial charge in [-0.2, -0.15) is 0 Å². The molecule has 1 aliphatic rings. The molecule has 1 aliphatic carbocycles. The summed E-state index contributed by atoms with van der Waals surface area (Å²) >= 11 is 0. The number of carbonyl (C=O) groups excluding carboxylic acids is 1. The van der Waals surface area contributed by atoms with E-state index in [0.29, 0.717) is 23.6 Å². The third-order valence-corrected chi connectivity index (χ3v) is 4.63. The topological polar surface area (TPSA) is 87.4 Å². The molecule has 0 radical (unpaired) electrons. The van der Waals surface area contributed by atoms with E-state index in [-0.39, 0.29) is 0 Å². The van der Waals surface area contributed by atoms with Gasteiger partial charge < -0.3 is 20.3 Å². The van der Waals surface area contributed by atoms with Gasteiger partial charge in [0.25, 0.3) is 0 Å². The van der Waals surface area contributed by atoms with Crippen LogP contribution in [-0.4, -0.2) is 22.4 Å². The van der Waals surface area contributed by atoms with Gasteiger partial charge in [-0.25, -0.2) is 4.79 Å². The lowest BCUT2D eigenvalue weighted by Crippen LogP contribution is -2.37. The van der Waals surface area contributed by atoms with E-state index in [4.69, 9.17) is 4.52 Å². The number of benzene rings is 2. The number of anilines is 1.